The van der Waals surface area contributed by atoms with Crippen molar-refractivity contribution in [1.29, 1.82) is 0 Å². The van der Waals surface area contributed by atoms with Crippen molar-refractivity contribution < 1.29 is 24.2 Å². The van der Waals surface area contributed by atoms with Gasteiger partial charge < -0.3 is 19.5 Å². The van der Waals surface area contributed by atoms with E-state index in [1.54, 1.807) is 36.3 Å². The highest BCUT2D eigenvalue weighted by Crippen LogP contribution is 2.42. The number of hydrogen-bond acceptors (Lipinski definition) is 5. The third kappa shape index (κ3) is 4.54. The predicted molar refractivity (Wildman–Crippen MR) is 132 cm³/mol. The number of carbonyl (C=O) groups excluding carboxylic acids is 2. The van der Waals surface area contributed by atoms with Crippen molar-refractivity contribution >= 4 is 28.2 Å². The van der Waals surface area contributed by atoms with Gasteiger partial charge in [0.05, 0.1) is 17.7 Å². The number of aliphatic hydroxyl groups excluding tert-OH is 1. The number of ketones is 1. The molecule has 1 atom stereocenters. The van der Waals surface area contributed by atoms with Gasteiger partial charge in [-0.15, -0.1) is 0 Å². The average Bonchev–Trinajstić information content (AvgIpc) is 3.08. The maximum absolute atomic E-state index is 13.2. The van der Waals surface area contributed by atoms with E-state index in [0.717, 1.165) is 16.3 Å². The molecule has 1 saturated heterocycles. The Labute approximate surface area is 199 Å². The highest BCUT2D eigenvalue weighted by atomic mass is 16.5. The minimum Gasteiger partial charge on any atom is -0.507 e. The maximum Gasteiger partial charge on any atom is 0.295 e. The topological polar surface area (TPSA) is 76.1 Å². The van der Waals surface area contributed by atoms with Crippen LogP contribution in [0.15, 0.2) is 72.3 Å². The number of rotatable bonds is 8. The molecule has 0 bridgehead atoms. The van der Waals surface area contributed by atoms with Crippen molar-refractivity contribution in [3.63, 3.8) is 0 Å². The lowest BCUT2D eigenvalue weighted by Crippen LogP contribution is -2.31. The number of likely N-dealkylation sites (tertiary alicyclic amines) is 1. The average molecular weight is 460 g/mol. The molecule has 0 aromatic heterocycles. The van der Waals surface area contributed by atoms with Crippen LogP contribution < -0.4 is 4.74 Å². The van der Waals surface area contributed by atoms with Gasteiger partial charge in [0.1, 0.15) is 11.5 Å². The van der Waals surface area contributed by atoms with Crippen molar-refractivity contribution in [2.75, 3.05) is 20.3 Å². The molecule has 3 aromatic carbocycles. The summed E-state index contributed by atoms with van der Waals surface area (Å²) in [6.45, 7) is 4.67. The van der Waals surface area contributed by atoms with Gasteiger partial charge in [-0.3, -0.25) is 9.59 Å². The molecule has 0 spiro atoms. The second-order valence-corrected chi connectivity index (χ2v) is 8.60. The number of nitrogens with zero attached hydrogens (tertiary/aromatic N) is 1. The summed E-state index contributed by atoms with van der Waals surface area (Å²) in [7, 11) is 1.60. The Hall–Kier alpha value is -3.64. The fourth-order valence-electron chi connectivity index (χ4n) is 4.42. The highest BCUT2D eigenvalue weighted by molar-refractivity contribution is 6.46. The van der Waals surface area contributed by atoms with Crippen LogP contribution in [-0.2, 0) is 14.3 Å². The van der Waals surface area contributed by atoms with Gasteiger partial charge in [-0.1, -0.05) is 42.5 Å². The monoisotopic (exact) mass is 459 g/mol. The molecule has 176 valence electrons. The van der Waals surface area contributed by atoms with E-state index in [0.29, 0.717) is 30.9 Å². The minimum atomic E-state index is -0.699. The van der Waals surface area contributed by atoms with Gasteiger partial charge in [-0.2, -0.15) is 0 Å². The number of aliphatic hydroxyl groups is 1. The van der Waals surface area contributed by atoms with E-state index in [1.165, 1.54) is 0 Å². The fourth-order valence-corrected chi connectivity index (χ4v) is 4.42. The van der Waals surface area contributed by atoms with Crippen LogP contribution in [0.2, 0.25) is 0 Å². The normalized spacial score (nSPS) is 17.6. The van der Waals surface area contributed by atoms with Crippen LogP contribution in [0.3, 0.4) is 0 Å². The summed E-state index contributed by atoms with van der Waals surface area (Å²) in [6.07, 6.45) is 0.592. The van der Waals surface area contributed by atoms with E-state index in [2.05, 4.69) is 0 Å². The van der Waals surface area contributed by atoms with Crippen molar-refractivity contribution in [3.8, 4) is 5.75 Å². The van der Waals surface area contributed by atoms with Crippen LogP contribution in [0, 0.1) is 0 Å². The van der Waals surface area contributed by atoms with Gasteiger partial charge in [-0.25, -0.2) is 0 Å². The number of carbonyl (C=O) groups is 2. The van der Waals surface area contributed by atoms with Crippen molar-refractivity contribution in [2.45, 2.75) is 32.4 Å². The van der Waals surface area contributed by atoms with Crippen LogP contribution in [0.4, 0.5) is 0 Å². The first-order chi connectivity index (χ1) is 16.4. The molecule has 1 fully saturated rings. The zero-order valence-corrected chi connectivity index (χ0v) is 19.7. The number of benzene rings is 3. The Bertz CT molecular complexity index is 1220. The quantitative estimate of drug-likeness (QED) is 0.220. The third-order valence-corrected chi connectivity index (χ3v) is 5.90. The molecule has 1 unspecified atom stereocenters. The van der Waals surface area contributed by atoms with Gasteiger partial charge in [0.2, 0.25) is 0 Å². The lowest BCUT2D eigenvalue weighted by molar-refractivity contribution is -0.140. The Morgan fingerprint density at radius 2 is 1.71 bits per heavy atom. The molecule has 0 saturated carbocycles. The molecule has 1 heterocycles. The number of hydrogen-bond donors (Lipinski definition) is 1. The van der Waals surface area contributed by atoms with E-state index < -0.39 is 17.7 Å². The zero-order valence-electron chi connectivity index (χ0n) is 19.7. The van der Waals surface area contributed by atoms with Crippen molar-refractivity contribution in [2.24, 2.45) is 0 Å². The van der Waals surface area contributed by atoms with Crippen molar-refractivity contribution in [1.82, 2.24) is 4.90 Å². The molecule has 4 rings (SSSR count). The van der Waals surface area contributed by atoms with E-state index in [-0.39, 0.29) is 17.4 Å². The Balaban J connectivity index is 1.85. The first-order valence-corrected chi connectivity index (χ1v) is 11.4. The molecule has 6 heteroatoms. The predicted octanol–water partition coefficient (Wildman–Crippen LogP) is 5.09. The van der Waals surface area contributed by atoms with E-state index >= 15 is 0 Å². The Morgan fingerprint density at radius 3 is 2.41 bits per heavy atom. The van der Waals surface area contributed by atoms with Crippen LogP contribution >= 0.6 is 0 Å². The molecule has 6 nitrogen and oxygen atoms in total. The first-order valence-electron chi connectivity index (χ1n) is 11.4. The largest absolute Gasteiger partial charge is 0.507 e. The van der Waals surface area contributed by atoms with E-state index in [9.17, 15) is 14.7 Å². The van der Waals surface area contributed by atoms with Gasteiger partial charge in [0, 0.05) is 25.8 Å². The lowest BCUT2D eigenvalue weighted by Gasteiger charge is -2.26. The fraction of sp³-hybridized carbons (Fsp3) is 0.286. The summed E-state index contributed by atoms with van der Waals surface area (Å²) in [5, 5.41) is 13.2. The SMILES string of the molecule is COCCCN1C(=O)C(=O)/C(=C(\O)c2ccc(OC(C)C)cc2)C1c1cccc2ccccc12. The summed E-state index contributed by atoms with van der Waals surface area (Å²) >= 11 is 0. The molecule has 1 amide bonds. The summed E-state index contributed by atoms with van der Waals surface area (Å²) in [4.78, 5) is 27.9. The summed E-state index contributed by atoms with van der Waals surface area (Å²) in [5.74, 6) is -0.829. The van der Waals surface area contributed by atoms with Crippen LogP contribution in [0.1, 0.15) is 37.4 Å². The summed E-state index contributed by atoms with van der Waals surface area (Å²) in [5.41, 5.74) is 1.35. The van der Waals surface area contributed by atoms with Gasteiger partial charge in [0.15, 0.2) is 0 Å². The van der Waals surface area contributed by atoms with E-state index in [4.69, 9.17) is 9.47 Å². The van der Waals surface area contributed by atoms with Crippen LogP contribution in [-0.4, -0.2) is 48.1 Å². The Kier molecular flexibility index (Phi) is 6.98. The highest BCUT2D eigenvalue weighted by Gasteiger charge is 2.46. The smallest absolute Gasteiger partial charge is 0.295 e. The third-order valence-electron chi connectivity index (χ3n) is 5.90. The number of amides is 1. The molecule has 3 aromatic rings. The Morgan fingerprint density at radius 1 is 1.00 bits per heavy atom. The molecular formula is C28H29NO5. The summed E-state index contributed by atoms with van der Waals surface area (Å²) < 4.78 is 10.8. The standard InChI is InChI=1S/C28H29NO5/c1-18(2)34-21-14-12-20(13-15-21)26(30)24-25(29(16-7-17-33-3)28(32)27(24)31)23-11-6-9-19-8-4-5-10-22(19)23/h4-6,8-15,18,25,30H,7,16-17H2,1-3H3/b26-24-. The number of methoxy groups -OCH3 is 1. The van der Waals surface area contributed by atoms with Crippen LogP contribution in [0.5, 0.6) is 5.75 Å². The second-order valence-electron chi connectivity index (χ2n) is 8.60. The first kappa shape index (κ1) is 23.5. The second kappa shape index (κ2) is 10.1. The minimum absolute atomic E-state index is 0.0169. The maximum atomic E-state index is 13.2. The number of Topliss-reactive ketones (excluding diaryl/α,β-unsaturated/α-hetero) is 1. The van der Waals surface area contributed by atoms with Crippen LogP contribution in [0.25, 0.3) is 16.5 Å². The number of fused-ring (bicyclic) bond motifs is 1. The molecular weight excluding hydrogens is 430 g/mol. The lowest BCUT2D eigenvalue weighted by atomic mass is 9.91. The van der Waals surface area contributed by atoms with Gasteiger partial charge in [-0.05, 0) is 60.9 Å². The molecule has 0 radical (unpaired) electrons. The number of ether oxygens (including phenoxy) is 2. The molecule has 34 heavy (non-hydrogen) atoms. The molecule has 0 aliphatic carbocycles. The summed E-state index contributed by atoms with van der Waals surface area (Å²) in [6, 6.07) is 19.8. The molecule has 1 aliphatic heterocycles. The van der Waals surface area contributed by atoms with Gasteiger partial charge >= 0.3 is 0 Å². The molecule has 1 aliphatic rings. The van der Waals surface area contributed by atoms with E-state index in [1.807, 2.05) is 56.3 Å². The van der Waals surface area contributed by atoms with Gasteiger partial charge in [0.25, 0.3) is 11.7 Å². The zero-order chi connectivity index (χ0) is 24.2. The van der Waals surface area contributed by atoms with Crippen molar-refractivity contribution in [3.05, 3.63) is 83.4 Å². The molecule has 1 N–H and O–H groups in total.